The van der Waals surface area contributed by atoms with Crippen molar-refractivity contribution in [2.24, 2.45) is 11.8 Å². The van der Waals surface area contributed by atoms with Gasteiger partial charge in [-0.2, -0.15) is 0 Å². The van der Waals surface area contributed by atoms with Crippen LogP contribution >= 0.6 is 0 Å². The van der Waals surface area contributed by atoms with Gasteiger partial charge in [-0.3, -0.25) is 10.1 Å². The number of hydrogen-bond acceptors (Lipinski definition) is 3. The number of H-pyrrole nitrogens is 1. The van der Waals surface area contributed by atoms with Crippen LogP contribution in [0.3, 0.4) is 0 Å². The van der Waals surface area contributed by atoms with E-state index in [4.69, 9.17) is 0 Å². The molecule has 3 atom stereocenters. The molecule has 2 aliphatic rings. The first kappa shape index (κ1) is 10.8. The zero-order chi connectivity index (χ0) is 11.8. The lowest BCUT2D eigenvalue weighted by Gasteiger charge is -2.22. The second-order valence-corrected chi connectivity index (χ2v) is 5.18. The summed E-state index contributed by atoms with van der Waals surface area (Å²) >= 11 is 0. The fraction of sp³-hybridized carbons (Fsp3) is 0.667. The van der Waals surface area contributed by atoms with Crippen molar-refractivity contribution in [1.82, 2.24) is 20.6 Å². The van der Waals surface area contributed by atoms with Crippen molar-refractivity contribution in [3.05, 3.63) is 17.7 Å². The second-order valence-electron chi connectivity index (χ2n) is 5.18. The number of nitrogens with one attached hydrogen (secondary N) is 3. The smallest absolute Gasteiger partial charge is 0.237 e. The summed E-state index contributed by atoms with van der Waals surface area (Å²) in [5, 5.41) is 6.26. The lowest BCUT2D eigenvalue weighted by atomic mass is 10.0. The number of fused-ring (bicyclic) bond motifs is 1. The van der Waals surface area contributed by atoms with Crippen LogP contribution in [0.1, 0.15) is 24.7 Å². The average Bonchev–Trinajstić information content (AvgIpc) is 2.86. The Balaban J connectivity index is 1.53. The largest absolute Gasteiger partial charge is 0.354 e. The standard InChI is InChI=1S/C12H18N4O/c1-7-2-8(7)4-14-12(17)10-3-9-11(5-13-10)16-6-15-9/h6-8,10,13H,2-5H2,1H3,(H,14,17)(H,15,16). The van der Waals surface area contributed by atoms with E-state index in [-0.39, 0.29) is 11.9 Å². The summed E-state index contributed by atoms with van der Waals surface area (Å²) < 4.78 is 0. The number of nitrogens with zero attached hydrogens (tertiary/aromatic N) is 1. The molecule has 3 N–H and O–H groups in total. The quantitative estimate of drug-likeness (QED) is 0.699. The minimum Gasteiger partial charge on any atom is -0.354 e. The Kier molecular flexibility index (Phi) is 2.63. The van der Waals surface area contributed by atoms with E-state index in [0.717, 1.165) is 23.9 Å². The summed E-state index contributed by atoms with van der Waals surface area (Å²) in [7, 11) is 0. The van der Waals surface area contributed by atoms with Crippen molar-refractivity contribution in [2.75, 3.05) is 6.54 Å². The van der Waals surface area contributed by atoms with E-state index in [1.165, 1.54) is 6.42 Å². The van der Waals surface area contributed by atoms with Gasteiger partial charge in [0.1, 0.15) is 0 Å². The first-order chi connectivity index (χ1) is 8.24. The van der Waals surface area contributed by atoms with Gasteiger partial charge in [-0.25, -0.2) is 4.98 Å². The molecular formula is C12H18N4O. The average molecular weight is 234 g/mol. The van der Waals surface area contributed by atoms with Gasteiger partial charge in [0, 0.05) is 19.5 Å². The highest BCUT2D eigenvalue weighted by molar-refractivity contribution is 5.82. The van der Waals surface area contributed by atoms with E-state index in [2.05, 4.69) is 27.5 Å². The van der Waals surface area contributed by atoms with Gasteiger partial charge in [-0.15, -0.1) is 0 Å². The van der Waals surface area contributed by atoms with Crippen molar-refractivity contribution in [1.29, 1.82) is 0 Å². The van der Waals surface area contributed by atoms with E-state index in [1.54, 1.807) is 6.33 Å². The molecule has 0 spiro atoms. The molecular weight excluding hydrogens is 216 g/mol. The molecule has 3 rings (SSSR count). The van der Waals surface area contributed by atoms with Gasteiger partial charge in [0.05, 0.1) is 23.8 Å². The molecule has 1 aliphatic heterocycles. The van der Waals surface area contributed by atoms with E-state index >= 15 is 0 Å². The Hall–Kier alpha value is -1.36. The molecule has 0 aromatic carbocycles. The Morgan fingerprint density at radius 1 is 1.65 bits per heavy atom. The molecule has 3 unspecified atom stereocenters. The van der Waals surface area contributed by atoms with Crippen molar-refractivity contribution < 1.29 is 4.79 Å². The molecule has 1 aromatic rings. The number of imidazole rings is 1. The number of amides is 1. The fourth-order valence-electron chi connectivity index (χ4n) is 2.39. The van der Waals surface area contributed by atoms with Crippen LogP contribution in [0.2, 0.25) is 0 Å². The van der Waals surface area contributed by atoms with Gasteiger partial charge >= 0.3 is 0 Å². The van der Waals surface area contributed by atoms with Crippen LogP contribution in [0.15, 0.2) is 6.33 Å². The van der Waals surface area contributed by atoms with Crippen LogP contribution in [0, 0.1) is 11.8 Å². The van der Waals surface area contributed by atoms with Crippen LogP contribution in [-0.4, -0.2) is 28.5 Å². The maximum atomic E-state index is 12.0. The topological polar surface area (TPSA) is 69.8 Å². The Labute approximate surface area is 100 Å². The molecule has 1 amide bonds. The molecule has 92 valence electrons. The molecule has 1 fully saturated rings. The predicted molar refractivity (Wildman–Crippen MR) is 63.2 cm³/mol. The Bertz CT molecular complexity index is 428. The van der Waals surface area contributed by atoms with E-state index < -0.39 is 0 Å². The molecule has 5 heteroatoms. The molecule has 5 nitrogen and oxygen atoms in total. The molecule has 0 bridgehead atoms. The van der Waals surface area contributed by atoms with Crippen molar-refractivity contribution in [2.45, 2.75) is 32.4 Å². The van der Waals surface area contributed by atoms with Crippen LogP contribution in [0.25, 0.3) is 0 Å². The summed E-state index contributed by atoms with van der Waals surface area (Å²) in [5.74, 6) is 1.59. The van der Waals surface area contributed by atoms with Crippen LogP contribution in [0.5, 0.6) is 0 Å². The number of carbonyl (C=O) groups is 1. The molecule has 1 aromatic heterocycles. The Morgan fingerprint density at radius 2 is 2.47 bits per heavy atom. The Morgan fingerprint density at radius 3 is 3.24 bits per heavy atom. The molecule has 1 saturated carbocycles. The van der Waals surface area contributed by atoms with E-state index in [1.807, 2.05) is 0 Å². The minimum absolute atomic E-state index is 0.109. The normalized spacial score (nSPS) is 30.8. The maximum absolute atomic E-state index is 12.0. The number of rotatable bonds is 3. The highest BCUT2D eigenvalue weighted by Crippen LogP contribution is 2.36. The third-order valence-electron chi connectivity index (χ3n) is 3.86. The monoisotopic (exact) mass is 234 g/mol. The molecule has 17 heavy (non-hydrogen) atoms. The SMILES string of the molecule is CC1CC1CNC(=O)C1Cc2nc[nH]c2CN1. The van der Waals surface area contributed by atoms with Crippen LogP contribution in [-0.2, 0) is 17.8 Å². The van der Waals surface area contributed by atoms with Gasteiger partial charge in [0.25, 0.3) is 0 Å². The number of aromatic nitrogens is 2. The number of aromatic amines is 1. The summed E-state index contributed by atoms with van der Waals surface area (Å²) in [4.78, 5) is 19.3. The summed E-state index contributed by atoms with van der Waals surface area (Å²) in [6, 6.07) is -0.125. The minimum atomic E-state index is -0.125. The highest BCUT2D eigenvalue weighted by atomic mass is 16.2. The predicted octanol–water partition coefficient (Wildman–Crippen LogP) is 0.196. The van der Waals surface area contributed by atoms with Crippen LogP contribution in [0.4, 0.5) is 0 Å². The number of hydrogen-bond donors (Lipinski definition) is 3. The van der Waals surface area contributed by atoms with Crippen LogP contribution < -0.4 is 10.6 Å². The van der Waals surface area contributed by atoms with Gasteiger partial charge < -0.3 is 10.3 Å². The molecule has 2 heterocycles. The lowest BCUT2D eigenvalue weighted by Crippen LogP contribution is -2.48. The van der Waals surface area contributed by atoms with Gasteiger partial charge in [-0.1, -0.05) is 6.92 Å². The summed E-state index contributed by atoms with van der Waals surface area (Å²) in [6.07, 6.45) is 3.63. The first-order valence-corrected chi connectivity index (χ1v) is 6.26. The van der Waals surface area contributed by atoms with Crippen molar-refractivity contribution in [3.8, 4) is 0 Å². The third-order valence-corrected chi connectivity index (χ3v) is 3.86. The zero-order valence-corrected chi connectivity index (χ0v) is 9.99. The number of carbonyl (C=O) groups excluding carboxylic acids is 1. The molecule has 0 radical (unpaired) electrons. The molecule has 0 saturated heterocycles. The van der Waals surface area contributed by atoms with Crippen molar-refractivity contribution in [3.63, 3.8) is 0 Å². The zero-order valence-electron chi connectivity index (χ0n) is 9.99. The third kappa shape index (κ3) is 2.20. The summed E-state index contributed by atoms with van der Waals surface area (Å²) in [5.41, 5.74) is 2.12. The van der Waals surface area contributed by atoms with E-state index in [0.29, 0.717) is 18.9 Å². The van der Waals surface area contributed by atoms with Gasteiger partial charge in [0.15, 0.2) is 0 Å². The first-order valence-electron chi connectivity index (χ1n) is 6.26. The summed E-state index contributed by atoms with van der Waals surface area (Å²) in [6.45, 7) is 3.75. The fourth-order valence-corrected chi connectivity index (χ4v) is 2.39. The van der Waals surface area contributed by atoms with Gasteiger partial charge in [-0.05, 0) is 18.3 Å². The maximum Gasteiger partial charge on any atom is 0.237 e. The molecule has 1 aliphatic carbocycles. The lowest BCUT2D eigenvalue weighted by molar-refractivity contribution is -0.123. The van der Waals surface area contributed by atoms with Gasteiger partial charge in [0.2, 0.25) is 5.91 Å². The highest BCUT2D eigenvalue weighted by Gasteiger charge is 2.33. The van der Waals surface area contributed by atoms with Crippen molar-refractivity contribution >= 4 is 5.91 Å². The van der Waals surface area contributed by atoms with E-state index in [9.17, 15) is 4.79 Å². The second kappa shape index (κ2) is 4.14.